The van der Waals surface area contributed by atoms with E-state index in [0.717, 1.165) is 19.6 Å². The molecule has 1 aromatic rings. The number of hydrogen-bond donors (Lipinski definition) is 2. The smallest absolute Gasteiger partial charge is 0.234 e. The summed E-state index contributed by atoms with van der Waals surface area (Å²) < 4.78 is 0. The van der Waals surface area contributed by atoms with Crippen LogP contribution in [-0.2, 0) is 4.79 Å². The van der Waals surface area contributed by atoms with Gasteiger partial charge in [0, 0.05) is 31.7 Å². The van der Waals surface area contributed by atoms with Gasteiger partial charge in [0.05, 0.1) is 6.54 Å². The molecule has 2 heterocycles. The van der Waals surface area contributed by atoms with Gasteiger partial charge in [-0.05, 0) is 25.0 Å². The van der Waals surface area contributed by atoms with Crippen LogP contribution in [0, 0.1) is 13.8 Å². The number of nitrogens with one attached hydrogen (secondary N) is 2. The highest BCUT2D eigenvalue weighted by atomic mass is 16.2. The molecule has 0 aromatic heterocycles. The van der Waals surface area contributed by atoms with Crippen LogP contribution in [0.2, 0.25) is 0 Å². The van der Waals surface area contributed by atoms with Gasteiger partial charge in [0.1, 0.15) is 0 Å². The monoisotopic (exact) mass is 259 g/mol. The van der Waals surface area contributed by atoms with Gasteiger partial charge in [0.15, 0.2) is 0 Å². The fourth-order valence-electron chi connectivity index (χ4n) is 3.15. The molecule has 2 saturated heterocycles. The van der Waals surface area contributed by atoms with Crippen LogP contribution >= 0.6 is 0 Å². The van der Waals surface area contributed by atoms with Gasteiger partial charge in [-0.2, -0.15) is 0 Å². The lowest BCUT2D eigenvalue weighted by Crippen LogP contribution is -2.62. The minimum Gasteiger partial charge on any atom is -0.353 e. The van der Waals surface area contributed by atoms with Crippen LogP contribution in [-0.4, -0.2) is 43.0 Å². The highest BCUT2D eigenvalue weighted by molar-refractivity contribution is 5.79. The molecule has 0 spiro atoms. The Labute approximate surface area is 114 Å². The average Bonchev–Trinajstić information content (AvgIpc) is 2.38. The topological polar surface area (TPSA) is 44.4 Å². The normalized spacial score (nSPS) is 27.8. The molecular formula is C15H21N3O. The summed E-state index contributed by atoms with van der Waals surface area (Å²) >= 11 is 0. The van der Waals surface area contributed by atoms with Gasteiger partial charge in [-0.3, -0.25) is 9.69 Å². The molecule has 2 unspecified atom stereocenters. The second kappa shape index (κ2) is 4.94. The molecule has 0 bridgehead atoms. The molecule has 4 heteroatoms. The van der Waals surface area contributed by atoms with E-state index in [2.05, 4.69) is 47.6 Å². The van der Waals surface area contributed by atoms with E-state index in [4.69, 9.17) is 0 Å². The van der Waals surface area contributed by atoms with Crippen molar-refractivity contribution >= 4 is 5.91 Å². The van der Waals surface area contributed by atoms with Crippen molar-refractivity contribution in [2.75, 3.05) is 26.2 Å². The zero-order valence-corrected chi connectivity index (χ0v) is 11.6. The summed E-state index contributed by atoms with van der Waals surface area (Å²) in [6, 6.07) is 7.39. The maximum atomic E-state index is 11.5. The Hall–Kier alpha value is -1.39. The van der Waals surface area contributed by atoms with E-state index >= 15 is 0 Å². The second-order valence-electron chi connectivity index (χ2n) is 5.71. The fraction of sp³-hybridized carbons (Fsp3) is 0.533. The Kier molecular flexibility index (Phi) is 3.29. The Balaban J connectivity index is 1.78. The summed E-state index contributed by atoms with van der Waals surface area (Å²) in [4.78, 5) is 13.8. The summed E-state index contributed by atoms with van der Waals surface area (Å²) in [6.07, 6.45) is 0. The zero-order valence-electron chi connectivity index (χ0n) is 11.6. The molecule has 0 radical (unpaired) electrons. The highest BCUT2D eigenvalue weighted by Crippen LogP contribution is 2.24. The quantitative estimate of drug-likeness (QED) is 0.782. The van der Waals surface area contributed by atoms with Crippen molar-refractivity contribution in [1.82, 2.24) is 15.5 Å². The molecular weight excluding hydrogens is 238 g/mol. The number of hydrogen-bond acceptors (Lipinski definition) is 3. The van der Waals surface area contributed by atoms with Crippen LogP contribution in [0.5, 0.6) is 0 Å². The van der Waals surface area contributed by atoms with Gasteiger partial charge in [-0.15, -0.1) is 0 Å². The third-order valence-corrected chi connectivity index (χ3v) is 4.22. The second-order valence-corrected chi connectivity index (χ2v) is 5.71. The highest BCUT2D eigenvalue weighted by Gasteiger charge is 2.33. The van der Waals surface area contributed by atoms with E-state index in [0.29, 0.717) is 18.6 Å². The summed E-state index contributed by atoms with van der Waals surface area (Å²) in [7, 11) is 0. The third kappa shape index (κ3) is 2.51. The van der Waals surface area contributed by atoms with Gasteiger partial charge in [0.2, 0.25) is 5.91 Å². The molecule has 0 saturated carbocycles. The average molecular weight is 259 g/mol. The predicted molar refractivity (Wildman–Crippen MR) is 75.0 cm³/mol. The lowest BCUT2D eigenvalue weighted by Gasteiger charge is -2.43. The van der Waals surface area contributed by atoms with E-state index in [9.17, 15) is 4.79 Å². The SMILES string of the molecule is Cc1ccc(C2CN3CC(=O)NCC3CN2)c(C)c1. The number of aryl methyl sites for hydroxylation is 2. The van der Waals surface area contributed by atoms with Gasteiger partial charge >= 0.3 is 0 Å². The molecule has 2 atom stereocenters. The Bertz CT molecular complexity index is 500. The molecule has 2 aliphatic heterocycles. The first-order valence-corrected chi connectivity index (χ1v) is 6.95. The van der Waals surface area contributed by atoms with Crippen LogP contribution in [0.3, 0.4) is 0 Å². The van der Waals surface area contributed by atoms with Crippen LogP contribution in [0.15, 0.2) is 18.2 Å². The molecule has 2 aliphatic rings. The van der Waals surface area contributed by atoms with E-state index in [1.165, 1.54) is 16.7 Å². The number of fused-ring (bicyclic) bond motifs is 1. The Morgan fingerprint density at radius 1 is 1.26 bits per heavy atom. The number of nitrogens with zero attached hydrogens (tertiary/aromatic N) is 1. The fourth-order valence-corrected chi connectivity index (χ4v) is 3.15. The van der Waals surface area contributed by atoms with Gasteiger partial charge in [0.25, 0.3) is 0 Å². The predicted octanol–water partition coefficient (Wildman–Crippen LogP) is 0.748. The van der Waals surface area contributed by atoms with Crippen LogP contribution in [0.4, 0.5) is 0 Å². The summed E-state index contributed by atoms with van der Waals surface area (Å²) in [5.41, 5.74) is 3.99. The van der Waals surface area contributed by atoms with Gasteiger partial charge in [-0.25, -0.2) is 0 Å². The van der Waals surface area contributed by atoms with Crippen molar-refractivity contribution in [2.24, 2.45) is 0 Å². The van der Waals surface area contributed by atoms with Gasteiger partial charge < -0.3 is 10.6 Å². The summed E-state index contributed by atoms with van der Waals surface area (Å²) in [6.45, 7) is 7.45. The van der Waals surface area contributed by atoms with Crippen molar-refractivity contribution in [3.63, 3.8) is 0 Å². The minimum atomic E-state index is 0.150. The van der Waals surface area contributed by atoms with Crippen molar-refractivity contribution in [3.05, 3.63) is 34.9 Å². The Morgan fingerprint density at radius 3 is 2.89 bits per heavy atom. The zero-order chi connectivity index (χ0) is 13.4. The van der Waals surface area contributed by atoms with E-state index in [1.54, 1.807) is 0 Å². The Morgan fingerprint density at radius 2 is 2.11 bits per heavy atom. The molecule has 102 valence electrons. The van der Waals surface area contributed by atoms with E-state index in [1.807, 2.05) is 0 Å². The molecule has 4 nitrogen and oxygen atoms in total. The maximum absolute atomic E-state index is 11.5. The number of benzene rings is 1. The first kappa shape index (κ1) is 12.6. The molecule has 2 N–H and O–H groups in total. The minimum absolute atomic E-state index is 0.150. The van der Waals surface area contributed by atoms with Crippen LogP contribution in [0.1, 0.15) is 22.7 Å². The first-order chi connectivity index (χ1) is 9.13. The largest absolute Gasteiger partial charge is 0.353 e. The van der Waals surface area contributed by atoms with Crippen molar-refractivity contribution in [1.29, 1.82) is 0 Å². The molecule has 2 fully saturated rings. The summed E-state index contributed by atoms with van der Waals surface area (Å²) in [5.74, 6) is 0.150. The van der Waals surface area contributed by atoms with E-state index < -0.39 is 0 Å². The van der Waals surface area contributed by atoms with Gasteiger partial charge in [-0.1, -0.05) is 23.8 Å². The summed E-state index contributed by atoms with van der Waals surface area (Å²) in [5, 5.41) is 6.55. The molecule has 19 heavy (non-hydrogen) atoms. The standard InChI is InChI=1S/C15H21N3O/c1-10-3-4-13(11(2)5-10)14-8-18-9-15(19)17-7-12(18)6-16-14/h3-5,12,14,16H,6-9H2,1-2H3,(H,17,19). The number of carbonyl (C=O) groups is 1. The maximum Gasteiger partial charge on any atom is 0.234 e. The molecule has 0 aliphatic carbocycles. The van der Waals surface area contributed by atoms with Crippen LogP contribution in [0.25, 0.3) is 0 Å². The number of rotatable bonds is 1. The lowest BCUT2D eigenvalue weighted by atomic mass is 9.95. The number of piperazine rings is 2. The van der Waals surface area contributed by atoms with Crippen LogP contribution < -0.4 is 10.6 Å². The van der Waals surface area contributed by atoms with Crippen molar-refractivity contribution in [2.45, 2.75) is 25.9 Å². The number of amides is 1. The van der Waals surface area contributed by atoms with Crippen molar-refractivity contribution in [3.8, 4) is 0 Å². The lowest BCUT2D eigenvalue weighted by molar-refractivity contribution is -0.126. The first-order valence-electron chi connectivity index (χ1n) is 6.95. The number of carbonyl (C=O) groups excluding carboxylic acids is 1. The molecule has 3 rings (SSSR count). The third-order valence-electron chi connectivity index (χ3n) is 4.22. The van der Waals surface area contributed by atoms with Crippen molar-refractivity contribution < 1.29 is 4.79 Å². The molecule has 1 amide bonds. The van der Waals surface area contributed by atoms with E-state index in [-0.39, 0.29) is 5.91 Å². The molecule has 1 aromatic carbocycles.